The van der Waals surface area contributed by atoms with Crippen molar-refractivity contribution >= 4 is 33.3 Å². The number of carbonyl (C=O) groups is 1. The standard InChI is InChI=1S/C3H6O2.Na.Pb.3H/c1-2-3(4)5;;;;;/h2H2,1H3,(H,4,5);;;;;/q;+1;;;;-1. The molecule has 38 valence electrons. The zero-order chi connectivity index (χ0) is 4.28. The molecule has 0 aromatic rings. The van der Waals surface area contributed by atoms with Crippen LogP contribution in [-0.4, -0.2) is 38.4 Å². The summed E-state index contributed by atoms with van der Waals surface area (Å²) in [6.45, 7) is 1.60. The molecule has 0 amide bonds. The minimum absolute atomic E-state index is 0. The van der Waals surface area contributed by atoms with Crippen molar-refractivity contribution in [2.75, 3.05) is 0 Å². The summed E-state index contributed by atoms with van der Waals surface area (Å²) in [5.41, 5.74) is 0. The van der Waals surface area contributed by atoms with Crippen LogP contribution in [0.25, 0.3) is 0 Å². The predicted octanol–water partition coefficient (Wildman–Crippen LogP) is -3.32. The summed E-state index contributed by atoms with van der Waals surface area (Å²) >= 11 is 0. The molecule has 0 aliphatic rings. The third-order valence-electron chi connectivity index (χ3n) is 0.302. The summed E-state index contributed by atoms with van der Waals surface area (Å²) < 4.78 is 0. The van der Waals surface area contributed by atoms with E-state index in [1.54, 1.807) is 6.92 Å². The number of carboxylic acid groups (broad SMARTS) is 1. The van der Waals surface area contributed by atoms with Gasteiger partial charge in [0.05, 0.1) is 0 Å². The second-order valence-corrected chi connectivity index (χ2v) is 0.747. The third-order valence-corrected chi connectivity index (χ3v) is 0.302. The first-order valence-electron chi connectivity index (χ1n) is 1.49. The maximum atomic E-state index is 9.37. The van der Waals surface area contributed by atoms with E-state index in [-0.39, 0.29) is 64.7 Å². The SMILES string of the molecule is CCC(=O)O.[H-].[Na+].[PbH2]. The molecule has 2 nitrogen and oxygen atoms in total. The Morgan fingerprint density at radius 3 is 2.00 bits per heavy atom. The zero-order valence-electron chi connectivity index (χ0n) is 5.77. The van der Waals surface area contributed by atoms with Gasteiger partial charge < -0.3 is 6.53 Å². The fraction of sp³-hybridized carbons (Fsp3) is 0.667. The Hall–Kier alpha value is 1.39. The molecule has 0 fully saturated rings. The molecule has 7 heavy (non-hydrogen) atoms. The number of hydrogen-bond acceptors (Lipinski definition) is 1. The molecule has 2 radical (unpaired) electrons. The maximum absolute atomic E-state index is 9.37. The molecule has 0 bridgehead atoms. The van der Waals surface area contributed by atoms with Crippen LogP contribution in [0.15, 0.2) is 0 Å². The zero-order valence-corrected chi connectivity index (χ0v) is 12.3. The molecule has 0 aromatic carbocycles. The van der Waals surface area contributed by atoms with Gasteiger partial charge in [-0.1, -0.05) is 6.92 Å². The van der Waals surface area contributed by atoms with E-state index < -0.39 is 5.97 Å². The van der Waals surface area contributed by atoms with Gasteiger partial charge >= 0.3 is 62.8 Å². The monoisotopic (exact) mass is 308 g/mol. The van der Waals surface area contributed by atoms with Gasteiger partial charge in [-0.3, -0.25) is 4.79 Å². The quantitative estimate of drug-likeness (QED) is 0.515. The van der Waals surface area contributed by atoms with Gasteiger partial charge in [0.2, 0.25) is 0 Å². The Kier molecular flexibility index (Phi) is 23.4. The molecule has 0 saturated carbocycles. The van der Waals surface area contributed by atoms with E-state index in [1.165, 1.54) is 0 Å². The molecule has 0 aliphatic heterocycles. The summed E-state index contributed by atoms with van der Waals surface area (Å²) in [6, 6.07) is 0. The summed E-state index contributed by atoms with van der Waals surface area (Å²) in [5, 5.41) is 7.72. The number of rotatable bonds is 1. The van der Waals surface area contributed by atoms with Gasteiger partial charge in [-0.15, -0.1) is 0 Å². The van der Waals surface area contributed by atoms with E-state index in [2.05, 4.69) is 0 Å². The molecule has 0 unspecified atom stereocenters. The van der Waals surface area contributed by atoms with Crippen LogP contribution in [0.3, 0.4) is 0 Å². The van der Waals surface area contributed by atoms with Crippen molar-refractivity contribution in [2.24, 2.45) is 0 Å². The van der Waals surface area contributed by atoms with Crippen molar-refractivity contribution in [1.29, 1.82) is 0 Å². The second-order valence-electron chi connectivity index (χ2n) is 0.747. The van der Waals surface area contributed by atoms with Crippen molar-refractivity contribution in [3.05, 3.63) is 0 Å². The molecule has 0 rings (SSSR count). The summed E-state index contributed by atoms with van der Waals surface area (Å²) in [4.78, 5) is 9.37. The van der Waals surface area contributed by atoms with E-state index in [1.807, 2.05) is 0 Å². The van der Waals surface area contributed by atoms with Crippen molar-refractivity contribution < 1.29 is 40.9 Å². The fourth-order valence-corrected chi connectivity index (χ4v) is 0. The van der Waals surface area contributed by atoms with Crippen LogP contribution < -0.4 is 29.6 Å². The molecular weight excluding hydrogens is 298 g/mol. The van der Waals surface area contributed by atoms with Gasteiger partial charge in [-0.05, 0) is 0 Å². The molecule has 0 atom stereocenters. The van der Waals surface area contributed by atoms with Gasteiger partial charge in [0.1, 0.15) is 0 Å². The number of hydrogen-bond donors (Lipinski definition) is 1. The molecule has 0 aliphatic carbocycles. The molecule has 0 aromatic heterocycles. The van der Waals surface area contributed by atoms with Crippen LogP contribution in [0.5, 0.6) is 0 Å². The van der Waals surface area contributed by atoms with Crippen LogP contribution >= 0.6 is 0 Å². The van der Waals surface area contributed by atoms with Crippen molar-refractivity contribution in [1.82, 2.24) is 0 Å². The summed E-state index contributed by atoms with van der Waals surface area (Å²) in [5.74, 6) is -0.745. The predicted molar refractivity (Wildman–Crippen MR) is 27.6 cm³/mol. The first kappa shape index (κ1) is 15.8. The van der Waals surface area contributed by atoms with Crippen LogP contribution in [0, 0.1) is 0 Å². The molecule has 0 spiro atoms. The van der Waals surface area contributed by atoms with Crippen LogP contribution in [0.1, 0.15) is 14.8 Å². The molecule has 4 heteroatoms. The minimum atomic E-state index is -0.745. The summed E-state index contributed by atoms with van der Waals surface area (Å²) in [6.07, 6.45) is 0.222. The molecule has 0 heterocycles. The number of carboxylic acids is 1. The Labute approximate surface area is 86.6 Å². The Morgan fingerprint density at radius 2 is 2.00 bits per heavy atom. The molecular formula is C3H9NaO2Pb. The topological polar surface area (TPSA) is 37.3 Å². The van der Waals surface area contributed by atoms with E-state index >= 15 is 0 Å². The van der Waals surface area contributed by atoms with E-state index in [0.717, 1.165) is 0 Å². The Bertz CT molecular complexity index is 52.5. The van der Waals surface area contributed by atoms with Crippen molar-refractivity contribution in [3.8, 4) is 0 Å². The van der Waals surface area contributed by atoms with Crippen LogP contribution in [0.4, 0.5) is 0 Å². The first-order valence-corrected chi connectivity index (χ1v) is 1.49. The second kappa shape index (κ2) is 10.4. The average Bonchev–Trinajstić information content (AvgIpc) is 1.38. The third kappa shape index (κ3) is 18.7. The normalized spacial score (nSPS) is 5.29. The Balaban J connectivity index is -0.0000000267. The van der Waals surface area contributed by atoms with E-state index in [0.29, 0.717) is 0 Å². The average molecular weight is 307 g/mol. The van der Waals surface area contributed by atoms with E-state index in [4.69, 9.17) is 5.11 Å². The summed E-state index contributed by atoms with van der Waals surface area (Å²) in [7, 11) is 0. The van der Waals surface area contributed by atoms with Gasteiger partial charge in [-0.2, -0.15) is 0 Å². The van der Waals surface area contributed by atoms with Gasteiger partial charge in [-0.25, -0.2) is 0 Å². The van der Waals surface area contributed by atoms with Gasteiger partial charge in [0, 0.05) is 6.42 Å². The number of aliphatic carboxylic acids is 1. The van der Waals surface area contributed by atoms with Gasteiger partial charge in [0.15, 0.2) is 0 Å². The molecule has 1 N–H and O–H groups in total. The van der Waals surface area contributed by atoms with Gasteiger partial charge in [0.25, 0.3) is 0 Å². The van der Waals surface area contributed by atoms with Crippen molar-refractivity contribution in [2.45, 2.75) is 13.3 Å². The first-order chi connectivity index (χ1) is 2.27. The van der Waals surface area contributed by atoms with Crippen LogP contribution in [-0.2, 0) is 4.79 Å². The van der Waals surface area contributed by atoms with E-state index in [9.17, 15) is 4.79 Å². The van der Waals surface area contributed by atoms with Crippen molar-refractivity contribution in [3.63, 3.8) is 0 Å². The molecule has 0 saturated heterocycles. The Morgan fingerprint density at radius 1 is 1.86 bits per heavy atom. The fourth-order valence-electron chi connectivity index (χ4n) is 0. The van der Waals surface area contributed by atoms with Crippen LogP contribution in [0.2, 0.25) is 0 Å².